The van der Waals surface area contributed by atoms with Crippen LogP contribution in [0, 0.1) is 6.92 Å². The second-order valence-corrected chi connectivity index (χ2v) is 6.56. The molecule has 1 heterocycles. The van der Waals surface area contributed by atoms with Gasteiger partial charge in [0.1, 0.15) is 5.75 Å². The highest BCUT2D eigenvalue weighted by Crippen LogP contribution is 2.25. The number of guanidine groups is 1. The maximum absolute atomic E-state index is 5.47. The monoisotopic (exact) mass is 487 g/mol. The first-order chi connectivity index (χ1) is 12.4. The number of methoxy groups -OCH3 is 1. The molecule has 27 heavy (non-hydrogen) atoms. The van der Waals surface area contributed by atoms with Gasteiger partial charge in [0, 0.05) is 31.5 Å². The fourth-order valence-corrected chi connectivity index (χ4v) is 2.56. The predicted octanol–water partition coefficient (Wildman–Crippen LogP) is 3.60. The topological polar surface area (TPSA) is 84.6 Å². The number of aromatic nitrogens is 2. The van der Waals surface area contributed by atoms with Crippen LogP contribution < -0.4 is 15.4 Å². The molecule has 0 aliphatic heterocycles. The minimum atomic E-state index is 0. The Balaban J connectivity index is 0.00000364. The summed E-state index contributed by atoms with van der Waals surface area (Å²) in [6.45, 7) is 8.88. The third-order valence-corrected chi connectivity index (χ3v) is 4.06. The molecule has 2 N–H and O–H groups in total. The summed E-state index contributed by atoms with van der Waals surface area (Å²) in [5.41, 5.74) is 2.28. The van der Waals surface area contributed by atoms with E-state index in [4.69, 9.17) is 9.26 Å². The van der Waals surface area contributed by atoms with Crippen molar-refractivity contribution in [3.8, 4) is 5.75 Å². The maximum atomic E-state index is 5.47. The van der Waals surface area contributed by atoms with Crippen LogP contribution in [-0.4, -0.2) is 36.8 Å². The molecule has 1 atom stereocenters. The Labute approximate surface area is 178 Å². The van der Waals surface area contributed by atoms with E-state index in [0.717, 1.165) is 17.1 Å². The summed E-state index contributed by atoms with van der Waals surface area (Å²) in [5, 5.41) is 10.6. The number of nitrogens with one attached hydrogen (secondary N) is 2. The molecule has 1 unspecified atom stereocenters. The largest absolute Gasteiger partial charge is 0.496 e. The number of aliphatic imine (C=N–C) groups is 1. The Hall–Kier alpha value is -1.84. The second kappa shape index (κ2) is 11.1. The first kappa shape index (κ1) is 23.2. The van der Waals surface area contributed by atoms with E-state index in [9.17, 15) is 0 Å². The van der Waals surface area contributed by atoms with Gasteiger partial charge in [-0.25, -0.2) is 0 Å². The van der Waals surface area contributed by atoms with E-state index in [2.05, 4.69) is 45.7 Å². The first-order valence-corrected chi connectivity index (χ1v) is 8.88. The van der Waals surface area contributed by atoms with Crippen molar-refractivity contribution < 1.29 is 9.26 Å². The van der Waals surface area contributed by atoms with Crippen molar-refractivity contribution in [2.24, 2.45) is 4.99 Å². The molecule has 0 amide bonds. The highest BCUT2D eigenvalue weighted by atomic mass is 127. The number of ether oxygens (including phenoxy) is 1. The summed E-state index contributed by atoms with van der Waals surface area (Å²) in [4.78, 5) is 8.66. The maximum Gasteiger partial charge on any atom is 0.228 e. The Bertz CT molecular complexity index is 745. The Morgan fingerprint density at radius 1 is 1.30 bits per heavy atom. The third-order valence-electron chi connectivity index (χ3n) is 4.06. The van der Waals surface area contributed by atoms with Gasteiger partial charge in [-0.2, -0.15) is 4.98 Å². The Kier molecular flexibility index (Phi) is 9.54. The van der Waals surface area contributed by atoms with Crippen LogP contribution in [-0.2, 0) is 6.42 Å². The summed E-state index contributed by atoms with van der Waals surface area (Å²) in [5.74, 6) is 3.20. The molecule has 1 aromatic carbocycles. The number of rotatable bonds is 7. The molecule has 0 spiro atoms. The van der Waals surface area contributed by atoms with E-state index in [0.29, 0.717) is 24.8 Å². The number of benzene rings is 1. The van der Waals surface area contributed by atoms with Gasteiger partial charge in [0.25, 0.3) is 0 Å². The van der Waals surface area contributed by atoms with Crippen LogP contribution >= 0.6 is 24.0 Å². The molecule has 0 radical (unpaired) electrons. The molecule has 0 saturated heterocycles. The van der Waals surface area contributed by atoms with Gasteiger partial charge < -0.3 is 19.9 Å². The van der Waals surface area contributed by atoms with Crippen LogP contribution in [0.1, 0.15) is 55.6 Å². The average Bonchev–Trinajstić information content (AvgIpc) is 3.10. The van der Waals surface area contributed by atoms with Crippen LogP contribution in [0.15, 0.2) is 27.7 Å². The average molecular weight is 487 g/mol. The van der Waals surface area contributed by atoms with E-state index in [1.807, 2.05) is 26.0 Å². The number of aryl methyl sites for hydroxylation is 1. The van der Waals surface area contributed by atoms with Gasteiger partial charge in [0.05, 0.1) is 13.2 Å². The Morgan fingerprint density at radius 2 is 2.04 bits per heavy atom. The molecule has 2 rings (SSSR count). The smallest absolute Gasteiger partial charge is 0.228 e. The van der Waals surface area contributed by atoms with Gasteiger partial charge in [0.2, 0.25) is 5.89 Å². The quantitative estimate of drug-likeness (QED) is 0.353. The molecule has 2 aromatic rings. The van der Waals surface area contributed by atoms with Gasteiger partial charge in [-0.3, -0.25) is 4.99 Å². The van der Waals surface area contributed by atoms with Gasteiger partial charge in [0.15, 0.2) is 11.8 Å². The van der Waals surface area contributed by atoms with Crippen LogP contribution in [0.3, 0.4) is 0 Å². The normalized spacial score (nSPS) is 12.5. The number of hydrogen-bond acceptors (Lipinski definition) is 5. The summed E-state index contributed by atoms with van der Waals surface area (Å²) in [6.07, 6.45) is 0.641. The van der Waals surface area contributed by atoms with Gasteiger partial charge in [-0.1, -0.05) is 36.7 Å². The lowest BCUT2D eigenvalue weighted by atomic mass is 10.0. The molecule has 8 heteroatoms. The van der Waals surface area contributed by atoms with Crippen molar-refractivity contribution in [2.75, 3.05) is 20.7 Å². The van der Waals surface area contributed by atoms with E-state index < -0.39 is 0 Å². The van der Waals surface area contributed by atoms with Gasteiger partial charge in [-0.05, 0) is 19.9 Å². The lowest BCUT2D eigenvalue weighted by Crippen LogP contribution is -2.39. The van der Waals surface area contributed by atoms with E-state index in [-0.39, 0.29) is 35.9 Å². The van der Waals surface area contributed by atoms with Crippen molar-refractivity contribution >= 4 is 29.9 Å². The van der Waals surface area contributed by atoms with Gasteiger partial charge >= 0.3 is 0 Å². The SMILES string of the molecule is CN=C(NCCc1nc(C(C)C)no1)NC(C)c1cc(C)ccc1OC.I. The van der Waals surface area contributed by atoms with Crippen LogP contribution in [0.5, 0.6) is 5.75 Å². The fraction of sp³-hybridized carbons (Fsp3) is 0.526. The molecule has 7 nitrogen and oxygen atoms in total. The van der Waals surface area contributed by atoms with Crippen molar-refractivity contribution in [1.29, 1.82) is 0 Å². The third kappa shape index (κ3) is 6.67. The lowest BCUT2D eigenvalue weighted by molar-refractivity contribution is 0.371. The first-order valence-electron chi connectivity index (χ1n) is 8.88. The molecular formula is C19H30IN5O2. The predicted molar refractivity (Wildman–Crippen MR) is 118 cm³/mol. The molecule has 0 fully saturated rings. The minimum Gasteiger partial charge on any atom is -0.496 e. The number of nitrogens with zero attached hydrogens (tertiary/aromatic N) is 3. The zero-order valence-corrected chi connectivity index (χ0v) is 19.2. The van der Waals surface area contributed by atoms with Crippen molar-refractivity contribution in [3.63, 3.8) is 0 Å². The molecule has 0 aliphatic carbocycles. The lowest BCUT2D eigenvalue weighted by Gasteiger charge is -2.20. The molecule has 0 bridgehead atoms. The summed E-state index contributed by atoms with van der Waals surface area (Å²) in [7, 11) is 3.43. The zero-order chi connectivity index (χ0) is 19.1. The molecule has 150 valence electrons. The van der Waals surface area contributed by atoms with E-state index in [1.54, 1.807) is 14.2 Å². The fourth-order valence-electron chi connectivity index (χ4n) is 2.56. The summed E-state index contributed by atoms with van der Waals surface area (Å²) < 4.78 is 10.7. The molecule has 0 saturated carbocycles. The number of halogens is 1. The Morgan fingerprint density at radius 3 is 2.63 bits per heavy atom. The van der Waals surface area contributed by atoms with Crippen molar-refractivity contribution in [3.05, 3.63) is 41.0 Å². The van der Waals surface area contributed by atoms with E-state index >= 15 is 0 Å². The second-order valence-electron chi connectivity index (χ2n) is 6.56. The van der Waals surface area contributed by atoms with Crippen molar-refractivity contribution in [1.82, 2.24) is 20.8 Å². The summed E-state index contributed by atoms with van der Waals surface area (Å²) >= 11 is 0. The van der Waals surface area contributed by atoms with Crippen LogP contribution in [0.2, 0.25) is 0 Å². The highest BCUT2D eigenvalue weighted by molar-refractivity contribution is 14.0. The molecule has 1 aromatic heterocycles. The van der Waals surface area contributed by atoms with Crippen LogP contribution in [0.25, 0.3) is 0 Å². The zero-order valence-electron chi connectivity index (χ0n) is 16.9. The van der Waals surface area contributed by atoms with Gasteiger partial charge in [-0.15, -0.1) is 24.0 Å². The standard InChI is InChI=1S/C19H29N5O2.HI/c1-12(2)18-23-17(26-24-18)9-10-21-19(20-5)22-14(4)15-11-13(3)7-8-16(15)25-6;/h7-8,11-12,14H,9-10H2,1-6H3,(H2,20,21,22);1H. The van der Waals surface area contributed by atoms with E-state index in [1.165, 1.54) is 5.56 Å². The molecular weight excluding hydrogens is 457 g/mol. The van der Waals surface area contributed by atoms with Crippen LogP contribution in [0.4, 0.5) is 0 Å². The molecule has 0 aliphatic rings. The van der Waals surface area contributed by atoms with Crippen molar-refractivity contribution in [2.45, 2.75) is 46.1 Å². The number of hydrogen-bond donors (Lipinski definition) is 2. The summed E-state index contributed by atoms with van der Waals surface area (Å²) in [6, 6.07) is 6.20. The highest BCUT2D eigenvalue weighted by Gasteiger charge is 2.14. The minimum absolute atomic E-state index is 0.